The zero-order valence-electron chi connectivity index (χ0n) is 10.7. The van der Waals surface area contributed by atoms with Gasteiger partial charge in [-0.2, -0.15) is 5.26 Å². The summed E-state index contributed by atoms with van der Waals surface area (Å²) in [7, 11) is 0. The second-order valence-electron chi connectivity index (χ2n) is 3.57. The molecule has 1 rings (SSSR count). The normalized spacial score (nSPS) is 11.7. The third kappa shape index (κ3) is 5.51. The first-order valence-electron chi connectivity index (χ1n) is 5.95. The molecule has 19 heavy (non-hydrogen) atoms. The van der Waals surface area contributed by atoms with Gasteiger partial charge in [0.2, 0.25) is 0 Å². The third-order valence-electron chi connectivity index (χ3n) is 2.19. The van der Waals surface area contributed by atoms with E-state index in [1.165, 1.54) is 6.08 Å². The van der Waals surface area contributed by atoms with Gasteiger partial charge in [0.15, 0.2) is 0 Å². The first kappa shape index (κ1) is 14.5. The van der Waals surface area contributed by atoms with Crippen molar-refractivity contribution in [3.05, 3.63) is 65.8 Å². The number of carbonyl (C=O) groups excluding carboxylic acids is 1. The first-order chi connectivity index (χ1) is 9.27. The number of allylic oxidation sites excluding steroid dienone is 4. The predicted molar refractivity (Wildman–Crippen MR) is 74.9 cm³/mol. The van der Waals surface area contributed by atoms with Crippen molar-refractivity contribution in [2.24, 2.45) is 0 Å². The van der Waals surface area contributed by atoms with Gasteiger partial charge in [-0.25, -0.2) is 4.79 Å². The van der Waals surface area contributed by atoms with Crippen LogP contribution >= 0.6 is 0 Å². The molecule has 1 aromatic carbocycles. The molecule has 0 aromatic heterocycles. The maximum atomic E-state index is 11.3. The molecule has 0 N–H and O–H groups in total. The standard InChI is InChI=1S/C16H15NO2/c1-2-19-16(18)15(13-17)12-8-4-7-11-14-9-5-3-6-10-14/h3-12H,2H2,1H3/b8-4+,11-7+,15-12+. The molecule has 0 bridgehead atoms. The lowest BCUT2D eigenvalue weighted by atomic mass is 10.2. The summed E-state index contributed by atoms with van der Waals surface area (Å²) in [4.78, 5) is 11.3. The number of esters is 1. The van der Waals surface area contributed by atoms with Crippen molar-refractivity contribution in [2.45, 2.75) is 6.92 Å². The van der Waals surface area contributed by atoms with Crippen molar-refractivity contribution in [3.8, 4) is 6.07 Å². The minimum Gasteiger partial charge on any atom is -0.462 e. The van der Waals surface area contributed by atoms with E-state index in [2.05, 4.69) is 0 Å². The van der Waals surface area contributed by atoms with Crippen LogP contribution in [0.25, 0.3) is 6.08 Å². The highest BCUT2D eigenvalue weighted by molar-refractivity contribution is 5.93. The van der Waals surface area contributed by atoms with Crippen LogP contribution in [0, 0.1) is 11.3 Å². The highest BCUT2D eigenvalue weighted by Crippen LogP contribution is 2.01. The van der Waals surface area contributed by atoms with E-state index >= 15 is 0 Å². The number of carbonyl (C=O) groups is 1. The molecule has 0 amide bonds. The van der Waals surface area contributed by atoms with Crippen LogP contribution in [0.5, 0.6) is 0 Å². The molecule has 0 aliphatic rings. The van der Waals surface area contributed by atoms with Gasteiger partial charge < -0.3 is 4.74 Å². The van der Waals surface area contributed by atoms with E-state index < -0.39 is 5.97 Å². The number of rotatable bonds is 5. The summed E-state index contributed by atoms with van der Waals surface area (Å²) >= 11 is 0. The molecule has 0 unspecified atom stereocenters. The molecule has 96 valence electrons. The Bertz CT molecular complexity index is 534. The Morgan fingerprint density at radius 1 is 1.26 bits per heavy atom. The van der Waals surface area contributed by atoms with Crippen LogP contribution in [0.1, 0.15) is 12.5 Å². The van der Waals surface area contributed by atoms with E-state index in [1.54, 1.807) is 25.1 Å². The molecule has 0 aliphatic heterocycles. The fourth-order valence-electron chi connectivity index (χ4n) is 1.31. The SMILES string of the molecule is CCOC(=O)/C(C#N)=C/C=C/C=C/c1ccccc1. The van der Waals surface area contributed by atoms with Crippen LogP contribution in [-0.4, -0.2) is 12.6 Å². The smallest absolute Gasteiger partial charge is 0.348 e. The van der Waals surface area contributed by atoms with E-state index in [-0.39, 0.29) is 12.2 Å². The van der Waals surface area contributed by atoms with Crippen molar-refractivity contribution >= 4 is 12.0 Å². The molecule has 0 fully saturated rings. The molecule has 3 heteroatoms. The van der Waals surface area contributed by atoms with Gasteiger partial charge >= 0.3 is 5.97 Å². The lowest BCUT2D eigenvalue weighted by molar-refractivity contribution is -0.138. The molecule has 0 aliphatic carbocycles. The highest BCUT2D eigenvalue weighted by Gasteiger charge is 2.07. The lowest BCUT2D eigenvalue weighted by Crippen LogP contribution is -2.05. The Morgan fingerprint density at radius 3 is 2.63 bits per heavy atom. The van der Waals surface area contributed by atoms with Gasteiger partial charge in [-0.3, -0.25) is 0 Å². The summed E-state index contributed by atoms with van der Waals surface area (Å²) in [6.07, 6.45) is 8.60. The minimum absolute atomic E-state index is 0.00814. The van der Waals surface area contributed by atoms with Crippen molar-refractivity contribution in [1.82, 2.24) is 0 Å². The van der Waals surface area contributed by atoms with Crippen LogP contribution in [0.15, 0.2) is 60.2 Å². The van der Waals surface area contributed by atoms with Crippen LogP contribution in [0.4, 0.5) is 0 Å². The average Bonchev–Trinajstić information content (AvgIpc) is 2.44. The molecular weight excluding hydrogens is 238 g/mol. The third-order valence-corrected chi connectivity index (χ3v) is 2.19. The van der Waals surface area contributed by atoms with Gasteiger partial charge in [0, 0.05) is 0 Å². The average molecular weight is 253 g/mol. The quantitative estimate of drug-likeness (QED) is 0.350. The molecule has 0 atom stereocenters. The molecule has 0 saturated heterocycles. The largest absolute Gasteiger partial charge is 0.462 e. The summed E-state index contributed by atoms with van der Waals surface area (Å²) in [5.41, 5.74) is 1.08. The maximum Gasteiger partial charge on any atom is 0.348 e. The van der Waals surface area contributed by atoms with E-state index in [0.29, 0.717) is 0 Å². The van der Waals surface area contributed by atoms with E-state index in [9.17, 15) is 4.79 Å². The molecule has 0 radical (unpaired) electrons. The van der Waals surface area contributed by atoms with Crippen LogP contribution in [0.3, 0.4) is 0 Å². The molecule has 0 spiro atoms. The van der Waals surface area contributed by atoms with Crippen LogP contribution in [-0.2, 0) is 9.53 Å². The summed E-state index contributed by atoms with van der Waals surface area (Å²) in [5, 5.41) is 8.79. The van der Waals surface area contributed by atoms with E-state index in [4.69, 9.17) is 10.00 Å². The zero-order chi connectivity index (χ0) is 13.9. The number of nitrogens with zero attached hydrogens (tertiary/aromatic N) is 1. The summed E-state index contributed by atoms with van der Waals surface area (Å²) < 4.78 is 4.74. The number of benzene rings is 1. The Hall–Kier alpha value is -2.60. The van der Waals surface area contributed by atoms with Crippen LogP contribution < -0.4 is 0 Å². The van der Waals surface area contributed by atoms with Gasteiger partial charge in [-0.15, -0.1) is 0 Å². The Balaban J connectivity index is 2.59. The Morgan fingerprint density at radius 2 is 2.00 bits per heavy atom. The van der Waals surface area contributed by atoms with Crippen molar-refractivity contribution in [2.75, 3.05) is 6.61 Å². The summed E-state index contributed by atoms with van der Waals surface area (Å²) in [5.74, 6) is -0.596. The minimum atomic E-state index is -0.596. The van der Waals surface area contributed by atoms with Crippen molar-refractivity contribution < 1.29 is 9.53 Å². The van der Waals surface area contributed by atoms with Gasteiger partial charge in [-0.1, -0.05) is 54.6 Å². The molecule has 0 heterocycles. The number of hydrogen-bond acceptors (Lipinski definition) is 3. The number of ether oxygens (including phenoxy) is 1. The second kappa shape index (κ2) is 8.48. The Kier molecular flexibility index (Phi) is 6.46. The molecular formula is C16H15NO2. The molecule has 0 saturated carbocycles. The Labute approximate surface area is 113 Å². The monoisotopic (exact) mass is 253 g/mol. The first-order valence-corrected chi connectivity index (χ1v) is 5.95. The number of hydrogen-bond donors (Lipinski definition) is 0. The van der Waals surface area contributed by atoms with Gasteiger partial charge in [0.25, 0.3) is 0 Å². The van der Waals surface area contributed by atoms with Gasteiger partial charge in [0.05, 0.1) is 6.61 Å². The molecule has 3 nitrogen and oxygen atoms in total. The second-order valence-corrected chi connectivity index (χ2v) is 3.57. The van der Waals surface area contributed by atoms with Crippen molar-refractivity contribution in [1.29, 1.82) is 5.26 Å². The van der Waals surface area contributed by atoms with Crippen LogP contribution in [0.2, 0.25) is 0 Å². The van der Waals surface area contributed by atoms with Crippen molar-refractivity contribution in [3.63, 3.8) is 0 Å². The fraction of sp³-hybridized carbons (Fsp3) is 0.125. The highest BCUT2D eigenvalue weighted by atomic mass is 16.5. The predicted octanol–water partition coefficient (Wildman–Crippen LogP) is 3.27. The van der Waals surface area contributed by atoms with Gasteiger partial charge in [0.1, 0.15) is 11.6 Å². The lowest BCUT2D eigenvalue weighted by Gasteiger charge is -1.96. The molecule has 1 aromatic rings. The fourth-order valence-corrected chi connectivity index (χ4v) is 1.31. The van der Waals surface area contributed by atoms with E-state index in [1.807, 2.05) is 42.5 Å². The van der Waals surface area contributed by atoms with Gasteiger partial charge in [-0.05, 0) is 18.6 Å². The zero-order valence-corrected chi connectivity index (χ0v) is 10.7. The topological polar surface area (TPSA) is 50.1 Å². The maximum absolute atomic E-state index is 11.3. The van der Waals surface area contributed by atoms with E-state index in [0.717, 1.165) is 5.56 Å². The number of nitriles is 1. The summed E-state index contributed by atoms with van der Waals surface area (Å²) in [6, 6.07) is 11.6. The summed E-state index contributed by atoms with van der Waals surface area (Å²) in [6.45, 7) is 1.96.